The highest BCUT2D eigenvalue weighted by molar-refractivity contribution is 7.46. The van der Waals surface area contributed by atoms with Gasteiger partial charge in [0.2, 0.25) is 0 Å². The van der Waals surface area contributed by atoms with Crippen LogP contribution in [0, 0.1) is 5.92 Å². The van der Waals surface area contributed by atoms with Gasteiger partial charge < -0.3 is 9.79 Å². The van der Waals surface area contributed by atoms with Gasteiger partial charge in [0.05, 0.1) is 6.10 Å². The standard InChI is InChI=1S/C21H27O4P/c1-2-20(25-26(22,23)24)17-13-15-21(16-14-17,18-9-5-3-6-10-18)19-11-7-4-8-12-19/h3-12,17,20H,2,13-16H2,1H3,(H2,22,23,24). The van der Waals surface area contributed by atoms with E-state index in [1.807, 2.05) is 19.1 Å². The molecular weight excluding hydrogens is 347 g/mol. The van der Waals surface area contributed by atoms with Gasteiger partial charge in [-0.05, 0) is 49.1 Å². The molecule has 0 heterocycles. The lowest BCUT2D eigenvalue weighted by molar-refractivity contribution is 0.0593. The van der Waals surface area contributed by atoms with Crippen LogP contribution < -0.4 is 0 Å². The first-order chi connectivity index (χ1) is 12.4. The van der Waals surface area contributed by atoms with Gasteiger partial charge in [-0.2, -0.15) is 0 Å². The molecule has 1 fully saturated rings. The van der Waals surface area contributed by atoms with Crippen LogP contribution in [0.25, 0.3) is 0 Å². The molecule has 1 saturated carbocycles. The molecule has 3 rings (SSSR count). The summed E-state index contributed by atoms with van der Waals surface area (Å²) in [6.07, 6.45) is 3.91. The van der Waals surface area contributed by atoms with Gasteiger partial charge in [-0.1, -0.05) is 67.6 Å². The summed E-state index contributed by atoms with van der Waals surface area (Å²) in [5.41, 5.74) is 2.58. The van der Waals surface area contributed by atoms with Crippen LogP contribution in [0.4, 0.5) is 0 Å². The number of phosphoric ester groups is 1. The smallest absolute Gasteiger partial charge is 0.303 e. The van der Waals surface area contributed by atoms with Gasteiger partial charge in [-0.3, -0.25) is 4.52 Å². The van der Waals surface area contributed by atoms with E-state index in [2.05, 4.69) is 48.5 Å². The monoisotopic (exact) mass is 374 g/mol. The van der Waals surface area contributed by atoms with Gasteiger partial charge in [-0.15, -0.1) is 0 Å². The highest BCUT2D eigenvalue weighted by Gasteiger charge is 2.41. The van der Waals surface area contributed by atoms with Gasteiger partial charge >= 0.3 is 7.82 Å². The summed E-state index contributed by atoms with van der Waals surface area (Å²) in [5, 5.41) is 0. The van der Waals surface area contributed by atoms with Crippen LogP contribution in [-0.4, -0.2) is 15.9 Å². The predicted octanol–water partition coefficient (Wildman–Crippen LogP) is 5.05. The normalized spacial score (nSPS) is 19.2. The maximum atomic E-state index is 11.3. The van der Waals surface area contributed by atoms with Gasteiger partial charge in [0.1, 0.15) is 0 Å². The molecule has 1 unspecified atom stereocenters. The zero-order valence-corrected chi connectivity index (χ0v) is 16.0. The van der Waals surface area contributed by atoms with Crippen LogP contribution >= 0.6 is 7.82 Å². The molecule has 1 atom stereocenters. The second-order valence-electron chi connectivity index (χ2n) is 7.19. The summed E-state index contributed by atoms with van der Waals surface area (Å²) in [7, 11) is -4.45. The predicted molar refractivity (Wildman–Crippen MR) is 103 cm³/mol. The molecule has 1 aliphatic carbocycles. The lowest BCUT2D eigenvalue weighted by Gasteiger charge is -2.43. The fraction of sp³-hybridized carbons (Fsp3) is 0.429. The molecule has 2 N–H and O–H groups in total. The minimum Gasteiger partial charge on any atom is -0.303 e. The van der Waals surface area contributed by atoms with E-state index in [0.29, 0.717) is 6.42 Å². The fourth-order valence-electron chi connectivity index (χ4n) is 4.43. The number of rotatable bonds is 6. The highest BCUT2D eigenvalue weighted by Crippen LogP contribution is 2.49. The lowest BCUT2D eigenvalue weighted by atomic mass is 9.62. The van der Waals surface area contributed by atoms with Gasteiger partial charge in [0.15, 0.2) is 0 Å². The Morgan fingerprint density at radius 2 is 1.46 bits per heavy atom. The number of phosphoric acid groups is 1. The van der Waals surface area contributed by atoms with Crippen molar-refractivity contribution in [2.24, 2.45) is 5.92 Å². The Labute approximate surface area is 155 Å². The molecule has 1 aliphatic rings. The van der Waals surface area contributed by atoms with E-state index in [0.717, 1.165) is 25.7 Å². The van der Waals surface area contributed by atoms with Crippen LogP contribution in [0.15, 0.2) is 60.7 Å². The Kier molecular flexibility index (Phi) is 5.99. The van der Waals surface area contributed by atoms with Gasteiger partial charge in [-0.25, -0.2) is 4.57 Å². The van der Waals surface area contributed by atoms with Crippen molar-refractivity contribution in [2.45, 2.75) is 50.5 Å². The molecule has 26 heavy (non-hydrogen) atoms. The van der Waals surface area contributed by atoms with E-state index in [9.17, 15) is 14.4 Å². The third-order valence-corrected chi connectivity index (χ3v) is 6.28. The number of hydrogen-bond acceptors (Lipinski definition) is 2. The number of hydrogen-bond donors (Lipinski definition) is 2. The molecule has 0 spiro atoms. The van der Waals surface area contributed by atoms with Crippen molar-refractivity contribution in [1.82, 2.24) is 0 Å². The maximum absolute atomic E-state index is 11.3. The summed E-state index contributed by atoms with van der Waals surface area (Å²) < 4.78 is 16.4. The lowest BCUT2D eigenvalue weighted by Crippen LogP contribution is -2.36. The minimum atomic E-state index is -4.45. The molecule has 5 heteroatoms. The molecule has 0 bridgehead atoms. The second kappa shape index (κ2) is 8.06. The summed E-state index contributed by atoms with van der Waals surface area (Å²) in [6.45, 7) is 1.93. The van der Waals surface area contributed by atoms with E-state index in [-0.39, 0.29) is 17.4 Å². The number of benzene rings is 2. The van der Waals surface area contributed by atoms with Crippen molar-refractivity contribution in [3.8, 4) is 0 Å². The SMILES string of the molecule is CCC(OP(=O)(O)O)C1CCC(c2ccccc2)(c2ccccc2)CC1. The van der Waals surface area contributed by atoms with Crippen LogP contribution in [0.3, 0.4) is 0 Å². The van der Waals surface area contributed by atoms with Crippen molar-refractivity contribution < 1.29 is 18.9 Å². The molecule has 2 aromatic carbocycles. The average molecular weight is 374 g/mol. The van der Waals surface area contributed by atoms with Crippen molar-refractivity contribution in [3.63, 3.8) is 0 Å². The van der Waals surface area contributed by atoms with E-state index < -0.39 is 7.82 Å². The van der Waals surface area contributed by atoms with Crippen molar-refractivity contribution >= 4 is 7.82 Å². The molecule has 0 saturated heterocycles. The molecule has 140 valence electrons. The molecule has 4 nitrogen and oxygen atoms in total. The fourth-order valence-corrected chi connectivity index (χ4v) is 5.11. The van der Waals surface area contributed by atoms with Crippen LogP contribution in [-0.2, 0) is 14.5 Å². The van der Waals surface area contributed by atoms with E-state index in [1.54, 1.807) is 0 Å². The van der Waals surface area contributed by atoms with E-state index in [1.165, 1.54) is 11.1 Å². The van der Waals surface area contributed by atoms with Crippen molar-refractivity contribution in [2.75, 3.05) is 0 Å². The van der Waals surface area contributed by atoms with E-state index >= 15 is 0 Å². The molecule has 0 radical (unpaired) electrons. The second-order valence-corrected chi connectivity index (χ2v) is 8.39. The Morgan fingerprint density at radius 3 is 1.85 bits per heavy atom. The quantitative estimate of drug-likeness (QED) is 0.694. The molecule has 0 aliphatic heterocycles. The van der Waals surface area contributed by atoms with Gasteiger partial charge in [0, 0.05) is 5.41 Å². The zero-order valence-electron chi connectivity index (χ0n) is 15.1. The van der Waals surface area contributed by atoms with E-state index in [4.69, 9.17) is 4.52 Å². The first kappa shape index (κ1) is 19.3. The summed E-state index contributed by atoms with van der Waals surface area (Å²) in [4.78, 5) is 18.4. The Balaban J connectivity index is 1.85. The topological polar surface area (TPSA) is 66.8 Å². The van der Waals surface area contributed by atoms with Gasteiger partial charge in [0.25, 0.3) is 0 Å². The average Bonchev–Trinajstić information content (AvgIpc) is 2.67. The largest absolute Gasteiger partial charge is 0.469 e. The van der Waals surface area contributed by atoms with Crippen molar-refractivity contribution in [3.05, 3.63) is 71.8 Å². The minimum absolute atomic E-state index is 0.0422. The Bertz CT molecular complexity index is 692. The summed E-state index contributed by atoms with van der Waals surface area (Å²) in [5.74, 6) is 0.174. The summed E-state index contributed by atoms with van der Waals surface area (Å²) >= 11 is 0. The van der Waals surface area contributed by atoms with Crippen LogP contribution in [0.5, 0.6) is 0 Å². The molecule has 0 amide bonds. The molecule has 0 aromatic heterocycles. The Morgan fingerprint density at radius 1 is 1.00 bits per heavy atom. The highest BCUT2D eigenvalue weighted by atomic mass is 31.2. The van der Waals surface area contributed by atoms with Crippen LogP contribution in [0.1, 0.15) is 50.2 Å². The molecule has 2 aromatic rings. The molecular formula is C21H27O4P. The first-order valence-electron chi connectivity index (χ1n) is 9.29. The zero-order chi connectivity index (χ0) is 18.6. The first-order valence-corrected chi connectivity index (χ1v) is 10.8. The maximum Gasteiger partial charge on any atom is 0.469 e. The third-order valence-electron chi connectivity index (χ3n) is 5.74. The van der Waals surface area contributed by atoms with Crippen molar-refractivity contribution in [1.29, 1.82) is 0 Å². The Hall–Kier alpha value is -1.45. The summed E-state index contributed by atoms with van der Waals surface area (Å²) in [6, 6.07) is 21.2. The third kappa shape index (κ3) is 4.27. The van der Waals surface area contributed by atoms with Crippen LogP contribution in [0.2, 0.25) is 0 Å².